The minimum absolute atomic E-state index is 0.224. The van der Waals surface area contributed by atoms with Gasteiger partial charge in [0.2, 0.25) is 5.91 Å². The zero-order valence-corrected chi connectivity index (χ0v) is 5.79. The van der Waals surface area contributed by atoms with Crippen molar-refractivity contribution in [1.29, 1.82) is 0 Å². The Labute approximate surface area is 59.2 Å². The summed E-state index contributed by atoms with van der Waals surface area (Å²) in [5.74, 6) is -0.236. The quantitative estimate of drug-likeness (QED) is 0.255. The number of nitrogens with zero attached hydrogens (tertiary/aromatic N) is 1. The summed E-state index contributed by atoms with van der Waals surface area (Å²) in [5, 5.41) is 13.0. The molecule has 0 fully saturated rings. The van der Waals surface area contributed by atoms with Gasteiger partial charge in [-0.15, -0.1) is 5.16 Å². The average Bonchev–Trinajstić information content (AvgIpc) is 1.88. The predicted molar refractivity (Wildman–Crippen MR) is 38.1 cm³/mol. The minimum atomic E-state index is -0.236. The van der Waals surface area contributed by atoms with E-state index in [9.17, 15) is 4.79 Å². The molecule has 0 aliphatic carbocycles. The van der Waals surface area contributed by atoms with Crippen molar-refractivity contribution in [2.75, 3.05) is 6.54 Å². The first-order chi connectivity index (χ1) is 4.68. The second-order valence-electron chi connectivity index (χ2n) is 1.79. The van der Waals surface area contributed by atoms with Gasteiger partial charge in [0.25, 0.3) is 0 Å². The summed E-state index contributed by atoms with van der Waals surface area (Å²) in [6, 6.07) is 0. The number of hydrogen-bond acceptors (Lipinski definition) is 3. The Hall–Kier alpha value is -1.32. The summed E-state index contributed by atoms with van der Waals surface area (Å²) in [4.78, 5) is 10.7. The normalized spacial score (nSPS) is 9.70. The van der Waals surface area contributed by atoms with Gasteiger partial charge in [-0.2, -0.15) is 0 Å². The molecule has 0 radical (unpaired) electrons. The molecule has 0 aliphatic rings. The fraction of sp³-hybridized carbons (Fsp3) is 0.333. The number of nitrogens with one attached hydrogen (secondary N) is 1. The summed E-state index contributed by atoms with van der Waals surface area (Å²) >= 11 is 0. The molecular weight excluding hydrogens is 132 g/mol. The van der Waals surface area contributed by atoms with Gasteiger partial charge in [0.05, 0.1) is 12.8 Å². The van der Waals surface area contributed by atoms with E-state index in [-0.39, 0.29) is 12.5 Å². The van der Waals surface area contributed by atoms with E-state index in [1.165, 1.54) is 6.21 Å². The van der Waals surface area contributed by atoms with E-state index < -0.39 is 0 Å². The van der Waals surface area contributed by atoms with Gasteiger partial charge in [0, 0.05) is 5.57 Å². The van der Waals surface area contributed by atoms with Crippen molar-refractivity contribution in [1.82, 2.24) is 5.32 Å². The molecule has 4 nitrogen and oxygen atoms in total. The van der Waals surface area contributed by atoms with E-state index in [1.807, 2.05) is 0 Å². The van der Waals surface area contributed by atoms with Crippen molar-refractivity contribution in [3.63, 3.8) is 0 Å². The number of rotatable bonds is 3. The molecule has 10 heavy (non-hydrogen) atoms. The minimum Gasteiger partial charge on any atom is -0.411 e. The van der Waals surface area contributed by atoms with Crippen LogP contribution in [0, 0.1) is 0 Å². The standard InChI is InChI=1S/C6H10N2O2/c1-5(2)6(9)7-3-4-8-10/h4,10H,1,3H2,2H3,(H,7,9). The largest absolute Gasteiger partial charge is 0.411 e. The SMILES string of the molecule is C=C(C)C(=O)NCC=NO. The van der Waals surface area contributed by atoms with Gasteiger partial charge in [-0.25, -0.2) is 0 Å². The molecule has 1 amide bonds. The van der Waals surface area contributed by atoms with Gasteiger partial charge in [-0.1, -0.05) is 6.58 Å². The van der Waals surface area contributed by atoms with E-state index >= 15 is 0 Å². The van der Waals surface area contributed by atoms with Gasteiger partial charge in [0.15, 0.2) is 0 Å². The van der Waals surface area contributed by atoms with Gasteiger partial charge in [-0.05, 0) is 6.92 Å². The number of carbonyl (C=O) groups is 1. The Kier molecular flexibility index (Phi) is 3.95. The van der Waals surface area contributed by atoms with Crippen molar-refractivity contribution in [3.8, 4) is 0 Å². The molecule has 0 atom stereocenters. The molecule has 0 aromatic rings. The van der Waals surface area contributed by atoms with Crippen LogP contribution in [-0.4, -0.2) is 23.9 Å². The van der Waals surface area contributed by atoms with Crippen LogP contribution in [0.3, 0.4) is 0 Å². The topological polar surface area (TPSA) is 61.7 Å². The van der Waals surface area contributed by atoms with Gasteiger partial charge < -0.3 is 10.5 Å². The van der Waals surface area contributed by atoms with Crippen LogP contribution in [0.4, 0.5) is 0 Å². The van der Waals surface area contributed by atoms with Crippen LogP contribution in [0.1, 0.15) is 6.92 Å². The molecule has 0 bridgehead atoms. The highest BCUT2D eigenvalue weighted by molar-refractivity contribution is 5.93. The number of amides is 1. The van der Waals surface area contributed by atoms with Crippen LogP contribution in [0.15, 0.2) is 17.3 Å². The Morgan fingerprint density at radius 2 is 2.50 bits per heavy atom. The highest BCUT2D eigenvalue weighted by Gasteiger charge is 1.96. The molecule has 4 heteroatoms. The van der Waals surface area contributed by atoms with Crippen LogP contribution < -0.4 is 5.32 Å². The van der Waals surface area contributed by atoms with Crippen LogP contribution in [0.2, 0.25) is 0 Å². The summed E-state index contributed by atoms with van der Waals surface area (Å²) in [5.41, 5.74) is 0.436. The van der Waals surface area contributed by atoms with Gasteiger partial charge >= 0.3 is 0 Å². The summed E-state index contributed by atoms with van der Waals surface area (Å²) in [6.07, 6.45) is 1.18. The fourth-order valence-corrected chi connectivity index (χ4v) is 0.330. The number of carbonyl (C=O) groups excluding carboxylic acids is 1. The van der Waals surface area contributed by atoms with Crippen LogP contribution >= 0.6 is 0 Å². The van der Waals surface area contributed by atoms with E-state index in [0.29, 0.717) is 5.57 Å². The first-order valence-corrected chi connectivity index (χ1v) is 2.78. The van der Waals surface area contributed by atoms with E-state index in [1.54, 1.807) is 6.92 Å². The van der Waals surface area contributed by atoms with E-state index in [4.69, 9.17) is 5.21 Å². The third-order valence-corrected chi connectivity index (χ3v) is 0.823. The molecule has 56 valence electrons. The van der Waals surface area contributed by atoms with Crippen molar-refractivity contribution >= 4 is 12.1 Å². The Bertz CT molecular complexity index is 163. The highest BCUT2D eigenvalue weighted by atomic mass is 16.4. The zero-order chi connectivity index (χ0) is 7.98. The Balaban J connectivity index is 3.50. The predicted octanol–water partition coefficient (Wildman–Crippen LogP) is 0.139. The van der Waals surface area contributed by atoms with E-state index in [2.05, 4.69) is 17.1 Å². The highest BCUT2D eigenvalue weighted by Crippen LogP contribution is 1.82. The lowest BCUT2D eigenvalue weighted by molar-refractivity contribution is -0.117. The van der Waals surface area contributed by atoms with Crippen molar-refractivity contribution < 1.29 is 10.0 Å². The molecule has 0 unspecified atom stereocenters. The van der Waals surface area contributed by atoms with Crippen LogP contribution in [-0.2, 0) is 4.79 Å². The molecule has 0 aromatic heterocycles. The second kappa shape index (κ2) is 4.55. The summed E-state index contributed by atoms with van der Waals surface area (Å²) in [6.45, 7) is 5.24. The molecule has 0 rings (SSSR count). The zero-order valence-electron chi connectivity index (χ0n) is 5.79. The lowest BCUT2D eigenvalue weighted by Crippen LogP contribution is -2.25. The molecule has 0 saturated heterocycles. The lowest BCUT2D eigenvalue weighted by Gasteiger charge is -1.97. The third kappa shape index (κ3) is 3.65. The average molecular weight is 142 g/mol. The van der Waals surface area contributed by atoms with Gasteiger partial charge in [-0.3, -0.25) is 4.79 Å². The Morgan fingerprint density at radius 3 is 2.90 bits per heavy atom. The molecule has 2 N–H and O–H groups in total. The maximum atomic E-state index is 10.7. The lowest BCUT2D eigenvalue weighted by atomic mass is 10.3. The van der Waals surface area contributed by atoms with Crippen molar-refractivity contribution in [2.24, 2.45) is 5.16 Å². The third-order valence-electron chi connectivity index (χ3n) is 0.823. The second-order valence-corrected chi connectivity index (χ2v) is 1.79. The van der Waals surface area contributed by atoms with Crippen LogP contribution in [0.5, 0.6) is 0 Å². The summed E-state index contributed by atoms with van der Waals surface area (Å²) in [7, 11) is 0. The molecule has 0 spiro atoms. The molecule has 0 aromatic carbocycles. The maximum absolute atomic E-state index is 10.7. The number of oxime groups is 1. The monoisotopic (exact) mass is 142 g/mol. The molecular formula is C6H10N2O2. The van der Waals surface area contributed by atoms with Crippen LogP contribution in [0.25, 0.3) is 0 Å². The summed E-state index contributed by atoms with van der Waals surface area (Å²) < 4.78 is 0. The van der Waals surface area contributed by atoms with Gasteiger partial charge in [0.1, 0.15) is 0 Å². The molecule has 0 saturated carbocycles. The molecule has 0 heterocycles. The first kappa shape index (κ1) is 8.68. The smallest absolute Gasteiger partial charge is 0.246 e. The fourth-order valence-electron chi connectivity index (χ4n) is 0.330. The maximum Gasteiger partial charge on any atom is 0.246 e. The molecule has 0 aliphatic heterocycles. The van der Waals surface area contributed by atoms with Crippen molar-refractivity contribution in [3.05, 3.63) is 12.2 Å². The van der Waals surface area contributed by atoms with Crippen molar-refractivity contribution in [2.45, 2.75) is 6.92 Å². The Morgan fingerprint density at radius 1 is 1.90 bits per heavy atom. The number of hydrogen-bond donors (Lipinski definition) is 2. The van der Waals surface area contributed by atoms with E-state index in [0.717, 1.165) is 0 Å². The first-order valence-electron chi connectivity index (χ1n) is 2.78.